The molecular formula is C15H20N2O3. The number of urea groups is 1. The minimum Gasteiger partial charge on any atom is -0.481 e. The van der Waals surface area contributed by atoms with E-state index in [2.05, 4.69) is 12.2 Å². The Kier molecular flexibility index (Phi) is 4.61. The molecule has 2 N–H and O–H groups in total. The van der Waals surface area contributed by atoms with Gasteiger partial charge in [-0.15, -0.1) is 0 Å². The van der Waals surface area contributed by atoms with Crippen molar-refractivity contribution in [1.29, 1.82) is 0 Å². The zero-order chi connectivity index (χ0) is 14.5. The molecule has 1 aliphatic heterocycles. The van der Waals surface area contributed by atoms with Crippen LogP contribution in [0.2, 0.25) is 0 Å². The lowest BCUT2D eigenvalue weighted by atomic mass is 9.99. The van der Waals surface area contributed by atoms with Crippen molar-refractivity contribution < 1.29 is 14.7 Å². The van der Waals surface area contributed by atoms with E-state index in [4.69, 9.17) is 5.11 Å². The van der Waals surface area contributed by atoms with Gasteiger partial charge in [-0.3, -0.25) is 4.79 Å². The van der Waals surface area contributed by atoms with E-state index in [9.17, 15) is 9.59 Å². The van der Waals surface area contributed by atoms with Crippen molar-refractivity contribution in [3.05, 3.63) is 29.8 Å². The van der Waals surface area contributed by atoms with Crippen molar-refractivity contribution in [2.45, 2.75) is 26.2 Å². The summed E-state index contributed by atoms with van der Waals surface area (Å²) in [6.07, 6.45) is 2.29. The van der Waals surface area contributed by atoms with Crippen LogP contribution < -0.4 is 5.32 Å². The van der Waals surface area contributed by atoms with Gasteiger partial charge in [-0.1, -0.05) is 19.1 Å². The van der Waals surface area contributed by atoms with Crippen LogP contribution >= 0.6 is 0 Å². The second-order valence-electron chi connectivity index (χ2n) is 5.11. The molecule has 20 heavy (non-hydrogen) atoms. The molecule has 5 nitrogen and oxygen atoms in total. The average Bonchev–Trinajstić information content (AvgIpc) is 2.47. The molecule has 1 atom stereocenters. The number of benzene rings is 1. The van der Waals surface area contributed by atoms with Gasteiger partial charge in [-0.25, -0.2) is 4.79 Å². The highest BCUT2D eigenvalue weighted by atomic mass is 16.4. The summed E-state index contributed by atoms with van der Waals surface area (Å²) in [6.45, 7) is 2.96. The number of piperidine rings is 1. The first-order chi connectivity index (χ1) is 9.60. The van der Waals surface area contributed by atoms with E-state index in [-0.39, 0.29) is 12.6 Å². The van der Waals surface area contributed by atoms with Crippen LogP contribution in [0.15, 0.2) is 24.3 Å². The number of carboxylic acids is 1. The molecule has 1 heterocycles. The van der Waals surface area contributed by atoms with E-state index >= 15 is 0 Å². The number of carbonyl (C=O) groups excluding carboxylic acids is 1. The maximum Gasteiger partial charge on any atom is 0.321 e. The van der Waals surface area contributed by atoms with E-state index in [0.717, 1.165) is 24.1 Å². The Morgan fingerprint density at radius 1 is 1.45 bits per heavy atom. The van der Waals surface area contributed by atoms with E-state index < -0.39 is 11.9 Å². The number of aryl methyl sites for hydroxylation is 1. The van der Waals surface area contributed by atoms with E-state index in [1.165, 1.54) is 0 Å². The second-order valence-corrected chi connectivity index (χ2v) is 5.11. The normalized spacial score (nSPS) is 18.6. The summed E-state index contributed by atoms with van der Waals surface area (Å²) in [5.41, 5.74) is 1.91. The topological polar surface area (TPSA) is 69.6 Å². The Balaban J connectivity index is 1.98. The molecule has 0 saturated carbocycles. The van der Waals surface area contributed by atoms with Gasteiger partial charge in [0.15, 0.2) is 0 Å². The third kappa shape index (κ3) is 3.50. The van der Waals surface area contributed by atoms with Crippen LogP contribution in [0.1, 0.15) is 25.3 Å². The summed E-state index contributed by atoms with van der Waals surface area (Å²) in [5, 5.41) is 11.9. The minimum atomic E-state index is -0.824. The SMILES string of the molecule is CCc1cccc(NC(=O)N2CCC[C@H](C(=O)O)C2)c1. The fourth-order valence-corrected chi connectivity index (χ4v) is 2.43. The van der Waals surface area contributed by atoms with Crippen LogP contribution in [0.3, 0.4) is 0 Å². The van der Waals surface area contributed by atoms with Gasteiger partial charge >= 0.3 is 12.0 Å². The van der Waals surface area contributed by atoms with Crippen LogP contribution in [0.4, 0.5) is 10.5 Å². The maximum absolute atomic E-state index is 12.2. The fourth-order valence-electron chi connectivity index (χ4n) is 2.43. The number of nitrogens with one attached hydrogen (secondary N) is 1. The molecule has 0 aromatic heterocycles. The predicted octanol–water partition coefficient (Wildman–Crippen LogP) is 2.58. The van der Waals surface area contributed by atoms with Crippen molar-refractivity contribution in [2.75, 3.05) is 18.4 Å². The minimum absolute atomic E-state index is 0.218. The number of hydrogen-bond donors (Lipinski definition) is 2. The van der Waals surface area contributed by atoms with Gasteiger partial charge in [0.1, 0.15) is 0 Å². The number of anilines is 1. The first kappa shape index (κ1) is 14.4. The Labute approximate surface area is 118 Å². The van der Waals surface area contributed by atoms with Gasteiger partial charge in [-0.2, -0.15) is 0 Å². The molecule has 1 aliphatic rings. The number of aliphatic carboxylic acids is 1. The smallest absolute Gasteiger partial charge is 0.321 e. The molecule has 0 unspecified atom stereocenters. The number of carboxylic acid groups (broad SMARTS) is 1. The first-order valence-corrected chi connectivity index (χ1v) is 6.98. The van der Waals surface area contributed by atoms with Gasteiger partial charge in [0.2, 0.25) is 0 Å². The second kappa shape index (κ2) is 6.41. The molecule has 2 rings (SSSR count). The zero-order valence-corrected chi connectivity index (χ0v) is 11.6. The summed E-state index contributed by atoms with van der Waals surface area (Å²) in [6, 6.07) is 7.48. The number of likely N-dealkylation sites (tertiary alicyclic amines) is 1. The largest absolute Gasteiger partial charge is 0.481 e. The van der Waals surface area contributed by atoms with Crippen molar-refractivity contribution in [3.8, 4) is 0 Å². The van der Waals surface area contributed by atoms with E-state index in [0.29, 0.717) is 13.0 Å². The van der Waals surface area contributed by atoms with Crippen molar-refractivity contribution in [2.24, 2.45) is 5.92 Å². The van der Waals surface area contributed by atoms with Crippen molar-refractivity contribution in [1.82, 2.24) is 4.90 Å². The highest BCUT2D eigenvalue weighted by molar-refractivity contribution is 5.89. The lowest BCUT2D eigenvalue weighted by Gasteiger charge is -2.30. The van der Waals surface area contributed by atoms with Gasteiger partial charge < -0.3 is 15.3 Å². The maximum atomic E-state index is 12.2. The van der Waals surface area contributed by atoms with Crippen molar-refractivity contribution in [3.63, 3.8) is 0 Å². The average molecular weight is 276 g/mol. The quantitative estimate of drug-likeness (QED) is 0.891. The Bertz CT molecular complexity index is 502. The van der Waals surface area contributed by atoms with Crippen LogP contribution in [0.5, 0.6) is 0 Å². The van der Waals surface area contributed by atoms with Crippen LogP contribution in [-0.2, 0) is 11.2 Å². The van der Waals surface area contributed by atoms with E-state index in [1.54, 1.807) is 4.90 Å². The Hall–Kier alpha value is -2.04. The molecule has 5 heteroatoms. The Morgan fingerprint density at radius 3 is 2.95 bits per heavy atom. The molecule has 1 fully saturated rings. The van der Waals surface area contributed by atoms with Crippen LogP contribution in [-0.4, -0.2) is 35.1 Å². The third-order valence-corrected chi connectivity index (χ3v) is 3.64. The van der Waals surface area contributed by atoms with Gasteiger partial charge in [-0.05, 0) is 37.0 Å². The standard InChI is InChI=1S/C15H20N2O3/c1-2-11-5-3-7-13(9-11)16-15(20)17-8-4-6-12(10-17)14(18)19/h3,5,7,9,12H,2,4,6,8,10H2,1H3,(H,16,20)(H,18,19)/t12-/m0/s1. The highest BCUT2D eigenvalue weighted by Gasteiger charge is 2.28. The summed E-state index contributed by atoms with van der Waals surface area (Å²) in [7, 11) is 0. The van der Waals surface area contributed by atoms with Crippen LogP contribution in [0, 0.1) is 5.92 Å². The molecule has 1 aromatic carbocycles. The fraction of sp³-hybridized carbons (Fsp3) is 0.467. The van der Waals surface area contributed by atoms with Gasteiger partial charge in [0, 0.05) is 18.8 Å². The van der Waals surface area contributed by atoms with Crippen LogP contribution in [0.25, 0.3) is 0 Å². The predicted molar refractivity (Wildman–Crippen MR) is 76.8 cm³/mol. The monoisotopic (exact) mass is 276 g/mol. The van der Waals surface area contributed by atoms with Gasteiger partial charge in [0.05, 0.1) is 5.92 Å². The summed E-state index contributed by atoms with van der Waals surface area (Å²) in [4.78, 5) is 24.7. The van der Waals surface area contributed by atoms with Gasteiger partial charge in [0.25, 0.3) is 0 Å². The first-order valence-electron chi connectivity index (χ1n) is 6.98. The number of hydrogen-bond acceptors (Lipinski definition) is 2. The summed E-state index contributed by atoms with van der Waals surface area (Å²) >= 11 is 0. The number of amides is 2. The summed E-state index contributed by atoms with van der Waals surface area (Å²) in [5.74, 6) is -1.27. The molecule has 0 aliphatic carbocycles. The molecule has 2 amide bonds. The molecule has 0 spiro atoms. The van der Waals surface area contributed by atoms with E-state index in [1.807, 2.05) is 24.3 Å². The lowest BCUT2D eigenvalue weighted by Crippen LogP contribution is -2.44. The lowest BCUT2D eigenvalue weighted by molar-refractivity contribution is -0.143. The third-order valence-electron chi connectivity index (χ3n) is 3.64. The highest BCUT2D eigenvalue weighted by Crippen LogP contribution is 2.18. The number of rotatable bonds is 3. The van der Waals surface area contributed by atoms with Crippen molar-refractivity contribution >= 4 is 17.7 Å². The molecule has 1 saturated heterocycles. The molecule has 0 bridgehead atoms. The molecular weight excluding hydrogens is 256 g/mol. The number of nitrogens with zero attached hydrogens (tertiary/aromatic N) is 1. The molecule has 1 aromatic rings. The Morgan fingerprint density at radius 2 is 2.25 bits per heavy atom. The molecule has 0 radical (unpaired) electrons. The summed E-state index contributed by atoms with van der Waals surface area (Å²) < 4.78 is 0. The molecule has 108 valence electrons. The number of carbonyl (C=O) groups is 2. The zero-order valence-electron chi connectivity index (χ0n) is 11.6.